The van der Waals surface area contributed by atoms with E-state index in [2.05, 4.69) is 103 Å². The molecule has 0 unspecified atom stereocenters. The Balaban J connectivity index is 1.29. The molecule has 0 aliphatic rings. The summed E-state index contributed by atoms with van der Waals surface area (Å²) in [6.45, 7) is 0. The fraction of sp³-hybridized carbons (Fsp3) is 0. The average molecular weight is 567 g/mol. The summed E-state index contributed by atoms with van der Waals surface area (Å²) in [6.07, 6.45) is 0. The van der Waals surface area contributed by atoms with Crippen LogP contribution in [0.5, 0.6) is 0 Å². The SMILES string of the molecule is N#Cc1ccc(-c2ccc(-c3nc(-c4ccc5sc6ccccc6c5c4)nc(-c4cccc5ccccc45)n3)cc2)cc1. The van der Waals surface area contributed by atoms with Crippen molar-refractivity contribution in [1.29, 1.82) is 5.26 Å². The van der Waals surface area contributed by atoms with Crippen LogP contribution in [-0.2, 0) is 0 Å². The highest BCUT2D eigenvalue weighted by molar-refractivity contribution is 7.25. The Labute approximate surface area is 252 Å². The van der Waals surface area contributed by atoms with Gasteiger partial charge in [-0.2, -0.15) is 5.26 Å². The number of hydrogen-bond acceptors (Lipinski definition) is 5. The Bertz CT molecular complexity index is 2340. The van der Waals surface area contributed by atoms with E-state index in [0.717, 1.165) is 38.6 Å². The minimum atomic E-state index is 0.620. The smallest absolute Gasteiger partial charge is 0.164 e. The second-order valence-electron chi connectivity index (χ2n) is 10.4. The van der Waals surface area contributed by atoms with Crippen molar-refractivity contribution >= 4 is 42.3 Å². The molecule has 200 valence electrons. The molecule has 8 aromatic rings. The lowest BCUT2D eigenvalue weighted by Crippen LogP contribution is -2.00. The zero-order chi connectivity index (χ0) is 28.8. The van der Waals surface area contributed by atoms with Crippen LogP contribution >= 0.6 is 11.3 Å². The predicted octanol–water partition coefficient (Wildman–Crippen LogP) is 9.93. The lowest BCUT2D eigenvalue weighted by molar-refractivity contribution is 1.08. The van der Waals surface area contributed by atoms with E-state index in [1.807, 2.05) is 36.4 Å². The Morgan fingerprint density at radius 2 is 1.05 bits per heavy atom. The number of fused-ring (bicyclic) bond motifs is 4. The molecular formula is C38H22N4S. The lowest BCUT2D eigenvalue weighted by Gasteiger charge is -2.11. The van der Waals surface area contributed by atoms with Crippen LogP contribution in [0, 0.1) is 11.3 Å². The molecule has 0 saturated carbocycles. The number of benzene rings is 6. The monoisotopic (exact) mass is 566 g/mol. The fourth-order valence-electron chi connectivity index (χ4n) is 5.59. The number of aromatic nitrogens is 3. The van der Waals surface area contributed by atoms with E-state index >= 15 is 0 Å². The number of rotatable bonds is 4. The average Bonchev–Trinajstić information content (AvgIpc) is 3.46. The molecule has 0 fully saturated rings. The molecule has 5 heteroatoms. The molecule has 8 rings (SSSR count). The van der Waals surface area contributed by atoms with E-state index in [1.54, 1.807) is 11.3 Å². The van der Waals surface area contributed by atoms with Crippen LogP contribution < -0.4 is 0 Å². The molecule has 4 nitrogen and oxygen atoms in total. The third-order valence-electron chi connectivity index (χ3n) is 7.79. The largest absolute Gasteiger partial charge is 0.208 e. The van der Waals surface area contributed by atoms with Crippen LogP contribution in [0.1, 0.15) is 5.56 Å². The van der Waals surface area contributed by atoms with Gasteiger partial charge in [-0.15, -0.1) is 11.3 Å². The van der Waals surface area contributed by atoms with Crippen molar-refractivity contribution in [1.82, 2.24) is 15.0 Å². The minimum Gasteiger partial charge on any atom is -0.208 e. The van der Waals surface area contributed by atoms with Crippen molar-refractivity contribution in [3.05, 3.63) is 139 Å². The van der Waals surface area contributed by atoms with Crippen LogP contribution in [0.4, 0.5) is 0 Å². The van der Waals surface area contributed by atoms with Crippen LogP contribution in [0.15, 0.2) is 133 Å². The van der Waals surface area contributed by atoms with Crippen LogP contribution in [0.25, 0.3) is 76.2 Å². The van der Waals surface area contributed by atoms with E-state index in [9.17, 15) is 0 Å². The number of thiophene rings is 1. The molecule has 0 saturated heterocycles. The van der Waals surface area contributed by atoms with Gasteiger partial charge in [0, 0.05) is 36.9 Å². The second-order valence-corrected chi connectivity index (χ2v) is 11.5. The molecular weight excluding hydrogens is 545 g/mol. The standard InChI is InChI=1S/C38H22N4S/c39-23-24-12-14-25(15-13-24)26-16-18-28(19-17-26)36-40-37(29-20-21-35-33(22-29)31-9-3-4-11-34(31)43-35)42-38(41-36)32-10-5-7-27-6-1-2-8-30(27)32/h1-22H. The van der Waals surface area contributed by atoms with Gasteiger partial charge in [-0.25, -0.2) is 15.0 Å². The second kappa shape index (κ2) is 10.3. The van der Waals surface area contributed by atoms with Crippen molar-refractivity contribution < 1.29 is 0 Å². The predicted molar refractivity (Wildman–Crippen MR) is 177 cm³/mol. The van der Waals surface area contributed by atoms with Gasteiger partial charge in [-0.05, 0) is 58.3 Å². The molecule has 0 spiro atoms. The van der Waals surface area contributed by atoms with Crippen molar-refractivity contribution in [2.45, 2.75) is 0 Å². The zero-order valence-electron chi connectivity index (χ0n) is 22.9. The van der Waals surface area contributed by atoms with Gasteiger partial charge in [0.2, 0.25) is 0 Å². The molecule has 2 aromatic heterocycles. The number of nitrogens with zero attached hydrogens (tertiary/aromatic N) is 4. The Kier molecular flexibility index (Phi) is 5.99. The fourth-order valence-corrected chi connectivity index (χ4v) is 6.68. The third-order valence-corrected chi connectivity index (χ3v) is 8.94. The minimum absolute atomic E-state index is 0.620. The maximum Gasteiger partial charge on any atom is 0.164 e. The first kappa shape index (κ1) is 25.0. The van der Waals surface area contributed by atoms with Gasteiger partial charge >= 0.3 is 0 Å². The Morgan fingerprint density at radius 1 is 0.465 bits per heavy atom. The quantitative estimate of drug-likeness (QED) is 0.213. The topological polar surface area (TPSA) is 62.5 Å². The van der Waals surface area contributed by atoms with Gasteiger partial charge in [0.1, 0.15) is 0 Å². The molecule has 43 heavy (non-hydrogen) atoms. The highest BCUT2D eigenvalue weighted by Gasteiger charge is 2.15. The molecule has 0 N–H and O–H groups in total. The van der Waals surface area contributed by atoms with E-state index in [0.29, 0.717) is 23.0 Å². The van der Waals surface area contributed by atoms with Crippen molar-refractivity contribution in [3.8, 4) is 51.4 Å². The maximum absolute atomic E-state index is 9.15. The summed E-state index contributed by atoms with van der Waals surface area (Å²) in [5, 5.41) is 13.8. The summed E-state index contributed by atoms with van der Waals surface area (Å²) in [4.78, 5) is 15.1. The molecule has 0 amide bonds. The number of nitriles is 1. The molecule has 6 aromatic carbocycles. The number of hydrogen-bond donors (Lipinski definition) is 0. The highest BCUT2D eigenvalue weighted by Crippen LogP contribution is 2.37. The molecule has 0 bridgehead atoms. The third kappa shape index (κ3) is 4.51. The first-order chi connectivity index (χ1) is 21.2. The van der Waals surface area contributed by atoms with Gasteiger partial charge in [0.05, 0.1) is 11.6 Å². The van der Waals surface area contributed by atoms with Crippen LogP contribution in [-0.4, -0.2) is 15.0 Å². The van der Waals surface area contributed by atoms with Gasteiger partial charge in [0.25, 0.3) is 0 Å². The zero-order valence-corrected chi connectivity index (χ0v) is 23.7. The molecule has 0 radical (unpaired) electrons. The first-order valence-corrected chi connectivity index (χ1v) is 14.8. The first-order valence-electron chi connectivity index (χ1n) is 14.0. The van der Waals surface area contributed by atoms with Crippen molar-refractivity contribution in [2.75, 3.05) is 0 Å². The molecule has 0 atom stereocenters. The van der Waals surface area contributed by atoms with Gasteiger partial charge in [-0.3, -0.25) is 0 Å². The van der Waals surface area contributed by atoms with E-state index in [4.69, 9.17) is 20.2 Å². The summed E-state index contributed by atoms with van der Waals surface area (Å²) in [7, 11) is 0. The van der Waals surface area contributed by atoms with Crippen LogP contribution in [0.3, 0.4) is 0 Å². The molecule has 2 heterocycles. The highest BCUT2D eigenvalue weighted by atomic mass is 32.1. The van der Waals surface area contributed by atoms with Gasteiger partial charge < -0.3 is 0 Å². The molecule has 0 aliphatic carbocycles. The molecule has 0 aliphatic heterocycles. The Hall–Kier alpha value is -5.70. The summed E-state index contributed by atoms with van der Waals surface area (Å²) >= 11 is 1.80. The van der Waals surface area contributed by atoms with Crippen LogP contribution in [0.2, 0.25) is 0 Å². The van der Waals surface area contributed by atoms with E-state index < -0.39 is 0 Å². The van der Waals surface area contributed by atoms with Gasteiger partial charge in [0.15, 0.2) is 17.5 Å². The van der Waals surface area contributed by atoms with Crippen molar-refractivity contribution in [3.63, 3.8) is 0 Å². The summed E-state index contributed by atoms with van der Waals surface area (Å²) in [6, 6.07) is 47.6. The van der Waals surface area contributed by atoms with Crippen molar-refractivity contribution in [2.24, 2.45) is 0 Å². The summed E-state index contributed by atoms with van der Waals surface area (Å²) in [5.74, 6) is 1.90. The summed E-state index contributed by atoms with van der Waals surface area (Å²) in [5.41, 5.74) is 5.59. The summed E-state index contributed by atoms with van der Waals surface area (Å²) < 4.78 is 2.51. The van der Waals surface area contributed by atoms with E-state index in [1.165, 1.54) is 20.2 Å². The lowest BCUT2D eigenvalue weighted by atomic mass is 10.0. The van der Waals surface area contributed by atoms with E-state index in [-0.39, 0.29) is 0 Å². The Morgan fingerprint density at radius 3 is 1.84 bits per heavy atom. The normalized spacial score (nSPS) is 11.2. The van der Waals surface area contributed by atoms with Gasteiger partial charge in [-0.1, -0.05) is 97.1 Å². The maximum atomic E-state index is 9.15.